The summed E-state index contributed by atoms with van der Waals surface area (Å²) in [5, 5.41) is 3.41. The fourth-order valence-corrected chi connectivity index (χ4v) is 1.79. The van der Waals surface area contributed by atoms with Gasteiger partial charge in [-0.15, -0.1) is 0 Å². The Labute approximate surface area is 92.6 Å². The molecule has 74 valence electrons. The third kappa shape index (κ3) is 2.15. The highest BCUT2D eigenvalue weighted by atomic mass is 79.9. The first-order valence-electron chi connectivity index (χ1n) is 4.80. The van der Waals surface area contributed by atoms with Crippen LogP contribution in [-0.2, 0) is 0 Å². The molecule has 0 atom stereocenters. The van der Waals surface area contributed by atoms with E-state index in [1.54, 1.807) is 0 Å². The molecule has 1 N–H and O–H groups in total. The molecule has 0 bridgehead atoms. The average molecular weight is 253 g/mol. The molecule has 1 heterocycles. The molecule has 0 unspecified atom stereocenters. The maximum atomic E-state index is 4.45. The average Bonchev–Trinajstić information content (AvgIpc) is 2.64. The first-order valence-corrected chi connectivity index (χ1v) is 5.59. The minimum atomic E-state index is 0.531. The molecule has 0 spiro atoms. The van der Waals surface area contributed by atoms with Crippen molar-refractivity contribution >= 4 is 21.7 Å². The second-order valence-electron chi connectivity index (χ2n) is 3.55. The summed E-state index contributed by atoms with van der Waals surface area (Å²) >= 11 is 3.44. The predicted octanol–water partition coefficient (Wildman–Crippen LogP) is 3.28. The molecular weight excluding hydrogens is 240 g/mol. The van der Waals surface area contributed by atoms with E-state index in [4.69, 9.17) is 0 Å². The summed E-state index contributed by atoms with van der Waals surface area (Å²) in [4.78, 5) is 4.45. The van der Waals surface area contributed by atoms with Crippen LogP contribution in [0.1, 0.15) is 18.5 Å². The van der Waals surface area contributed by atoms with E-state index in [1.165, 1.54) is 0 Å². The second-order valence-corrected chi connectivity index (χ2v) is 4.40. The number of nitrogens with one attached hydrogen (secondary N) is 1. The Kier molecular flexibility index (Phi) is 2.87. The summed E-state index contributed by atoms with van der Waals surface area (Å²) in [6.07, 6.45) is 6.64. The maximum Gasteiger partial charge on any atom is 0.126 e. The molecule has 0 aromatic carbocycles. The van der Waals surface area contributed by atoms with Crippen molar-refractivity contribution in [1.29, 1.82) is 0 Å². The van der Waals surface area contributed by atoms with Gasteiger partial charge in [-0.1, -0.05) is 12.2 Å². The van der Waals surface area contributed by atoms with Gasteiger partial charge in [0.05, 0.1) is 5.69 Å². The Balaban J connectivity index is 2.06. The zero-order valence-corrected chi connectivity index (χ0v) is 9.71. The van der Waals surface area contributed by atoms with E-state index in [0.717, 1.165) is 28.8 Å². The second kappa shape index (κ2) is 4.13. The van der Waals surface area contributed by atoms with Crippen molar-refractivity contribution in [2.75, 3.05) is 5.32 Å². The molecular formula is C11H13BrN2. The van der Waals surface area contributed by atoms with Gasteiger partial charge in [0.25, 0.3) is 0 Å². The normalized spacial score (nSPS) is 16.1. The first kappa shape index (κ1) is 9.71. The zero-order chi connectivity index (χ0) is 9.97. The van der Waals surface area contributed by atoms with Gasteiger partial charge in [0.1, 0.15) is 5.82 Å². The van der Waals surface area contributed by atoms with Gasteiger partial charge >= 0.3 is 0 Å². The van der Waals surface area contributed by atoms with Gasteiger partial charge in [-0.2, -0.15) is 0 Å². The van der Waals surface area contributed by atoms with Crippen molar-refractivity contribution in [2.24, 2.45) is 0 Å². The van der Waals surface area contributed by atoms with Gasteiger partial charge in [-0.05, 0) is 47.8 Å². The van der Waals surface area contributed by atoms with Gasteiger partial charge in [-0.3, -0.25) is 0 Å². The van der Waals surface area contributed by atoms with Crippen LogP contribution in [0.25, 0.3) is 0 Å². The van der Waals surface area contributed by atoms with E-state index in [2.05, 4.69) is 38.4 Å². The molecule has 1 aliphatic rings. The lowest BCUT2D eigenvalue weighted by Gasteiger charge is -2.13. The summed E-state index contributed by atoms with van der Waals surface area (Å²) in [5.74, 6) is 0.972. The van der Waals surface area contributed by atoms with Crippen molar-refractivity contribution in [2.45, 2.75) is 25.8 Å². The molecule has 0 amide bonds. The van der Waals surface area contributed by atoms with Gasteiger partial charge < -0.3 is 5.32 Å². The van der Waals surface area contributed by atoms with Crippen LogP contribution in [-0.4, -0.2) is 11.0 Å². The summed E-state index contributed by atoms with van der Waals surface area (Å²) in [7, 11) is 0. The molecule has 2 rings (SSSR count). The quantitative estimate of drug-likeness (QED) is 0.818. The Morgan fingerprint density at radius 2 is 2.07 bits per heavy atom. The van der Waals surface area contributed by atoms with Gasteiger partial charge in [0.2, 0.25) is 0 Å². The van der Waals surface area contributed by atoms with Gasteiger partial charge in [-0.25, -0.2) is 4.98 Å². The van der Waals surface area contributed by atoms with Crippen LogP contribution < -0.4 is 5.32 Å². The van der Waals surface area contributed by atoms with E-state index >= 15 is 0 Å². The smallest absolute Gasteiger partial charge is 0.126 e. The highest BCUT2D eigenvalue weighted by Gasteiger charge is 2.10. The summed E-state index contributed by atoms with van der Waals surface area (Å²) < 4.78 is 1.06. The van der Waals surface area contributed by atoms with Crippen LogP contribution in [0.15, 0.2) is 28.8 Å². The number of nitrogens with zero attached hydrogens (tertiary/aromatic N) is 1. The molecule has 0 saturated heterocycles. The number of pyridine rings is 1. The van der Waals surface area contributed by atoms with Gasteiger partial charge in [0.15, 0.2) is 0 Å². The highest BCUT2D eigenvalue weighted by Crippen LogP contribution is 2.19. The van der Waals surface area contributed by atoms with Crippen molar-refractivity contribution in [3.8, 4) is 0 Å². The molecule has 1 aromatic heterocycles. The van der Waals surface area contributed by atoms with E-state index in [1.807, 2.05) is 19.1 Å². The lowest BCUT2D eigenvalue weighted by atomic mass is 10.2. The fraction of sp³-hybridized carbons (Fsp3) is 0.364. The largest absolute Gasteiger partial charge is 0.367 e. The molecule has 1 aliphatic carbocycles. The standard InChI is InChI=1S/C11H13BrN2/c1-8-10(12)6-7-11(13-8)14-9-4-2-3-5-9/h2-3,6-7,9H,4-5H2,1H3,(H,13,14). The summed E-state index contributed by atoms with van der Waals surface area (Å²) in [5.41, 5.74) is 1.03. The van der Waals surface area contributed by atoms with Crippen LogP contribution in [0.5, 0.6) is 0 Å². The number of hydrogen-bond acceptors (Lipinski definition) is 2. The van der Waals surface area contributed by atoms with Crippen molar-refractivity contribution < 1.29 is 0 Å². The Morgan fingerprint density at radius 3 is 2.71 bits per heavy atom. The van der Waals surface area contributed by atoms with Crippen LogP contribution >= 0.6 is 15.9 Å². The monoisotopic (exact) mass is 252 g/mol. The lowest BCUT2D eigenvalue weighted by Crippen LogP contribution is -2.16. The molecule has 0 aliphatic heterocycles. The third-order valence-electron chi connectivity index (χ3n) is 2.38. The minimum Gasteiger partial charge on any atom is -0.367 e. The summed E-state index contributed by atoms with van der Waals surface area (Å²) in [6, 6.07) is 4.57. The van der Waals surface area contributed by atoms with Gasteiger partial charge in [0, 0.05) is 10.5 Å². The molecule has 3 heteroatoms. The van der Waals surface area contributed by atoms with Crippen molar-refractivity contribution in [3.05, 3.63) is 34.5 Å². The number of halogens is 1. The SMILES string of the molecule is Cc1nc(NC2CC=CC2)ccc1Br. The lowest BCUT2D eigenvalue weighted by molar-refractivity contribution is 0.780. The minimum absolute atomic E-state index is 0.531. The van der Waals surface area contributed by atoms with E-state index in [9.17, 15) is 0 Å². The van der Waals surface area contributed by atoms with Crippen LogP contribution in [0.2, 0.25) is 0 Å². The highest BCUT2D eigenvalue weighted by molar-refractivity contribution is 9.10. The molecule has 0 saturated carbocycles. The molecule has 1 aromatic rings. The first-order chi connectivity index (χ1) is 6.75. The fourth-order valence-electron chi connectivity index (χ4n) is 1.57. The number of aromatic nitrogens is 1. The third-order valence-corrected chi connectivity index (χ3v) is 3.22. The van der Waals surface area contributed by atoms with Crippen LogP contribution in [0, 0.1) is 6.92 Å². The Bertz CT molecular complexity index is 352. The number of aryl methyl sites for hydroxylation is 1. The van der Waals surface area contributed by atoms with Crippen molar-refractivity contribution in [3.63, 3.8) is 0 Å². The topological polar surface area (TPSA) is 24.9 Å². The number of hydrogen-bond donors (Lipinski definition) is 1. The van der Waals surface area contributed by atoms with Crippen molar-refractivity contribution in [1.82, 2.24) is 4.98 Å². The Morgan fingerprint density at radius 1 is 1.36 bits per heavy atom. The molecule has 2 nitrogen and oxygen atoms in total. The molecule has 0 radical (unpaired) electrons. The van der Waals surface area contributed by atoms with Crippen LogP contribution in [0.4, 0.5) is 5.82 Å². The summed E-state index contributed by atoms with van der Waals surface area (Å²) in [6.45, 7) is 2.00. The van der Waals surface area contributed by atoms with E-state index < -0.39 is 0 Å². The van der Waals surface area contributed by atoms with E-state index in [-0.39, 0.29) is 0 Å². The Hall–Kier alpha value is -0.830. The molecule has 14 heavy (non-hydrogen) atoms. The van der Waals surface area contributed by atoms with Crippen LogP contribution in [0.3, 0.4) is 0 Å². The molecule has 0 fully saturated rings. The maximum absolute atomic E-state index is 4.45. The number of anilines is 1. The predicted molar refractivity (Wildman–Crippen MR) is 62.5 cm³/mol. The zero-order valence-electron chi connectivity index (χ0n) is 8.13. The number of rotatable bonds is 2. The van der Waals surface area contributed by atoms with E-state index in [0.29, 0.717) is 6.04 Å².